The highest BCUT2D eigenvalue weighted by atomic mass is 15.4. The van der Waals surface area contributed by atoms with Crippen molar-refractivity contribution in [3.05, 3.63) is 18.0 Å². The number of likely N-dealkylation sites (tertiary alicyclic amines) is 1. The maximum absolute atomic E-state index is 9.10. The minimum atomic E-state index is -0.100. The van der Waals surface area contributed by atoms with E-state index >= 15 is 0 Å². The molecule has 1 aromatic rings. The first-order valence-electron chi connectivity index (χ1n) is 7.11. The van der Waals surface area contributed by atoms with Crippen LogP contribution >= 0.6 is 0 Å². The van der Waals surface area contributed by atoms with Gasteiger partial charge in [-0.3, -0.25) is 9.58 Å². The van der Waals surface area contributed by atoms with Crippen LogP contribution in [0.1, 0.15) is 45.6 Å². The fourth-order valence-corrected chi connectivity index (χ4v) is 2.81. The van der Waals surface area contributed by atoms with Crippen molar-refractivity contribution in [3.63, 3.8) is 0 Å². The van der Waals surface area contributed by atoms with Crippen molar-refractivity contribution in [1.82, 2.24) is 14.7 Å². The normalized spacial score (nSPS) is 18.6. The Morgan fingerprint density at radius 3 is 2.53 bits per heavy atom. The van der Waals surface area contributed by atoms with E-state index in [2.05, 4.69) is 50.0 Å². The molecule has 1 fully saturated rings. The Morgan fingerprint density at radius 1 is 1.37 bits per heavy atom. The van der Waals surface area contributed by atoms with Crippen LogP contribution in [0.15, 0.2) is 12.4 Å². The van der Waals surface area contributed by atoms with Crippen LogP contribution in [0, 0.1) is 17.2 Å². The van der Waals surface area contributed by atoms with Crippen molar-refractivity contribution in [1.29, 1.82) is 5.26 Å². The highest BCUT2D eigenvalue weighted by molar-refractivity contribution is 5.14. The first-order chi connectivity index (χ1) is 8.97. The summed E-state index contributed by atoms with van der Waals surface area (Å²) in [5.41, 5.74) is 1.15. The van der Waals surface area contributed by atoms with E-state index < -0.39 is 0 Å². The maximum atomic E-state index is 9.10. The van der Waals surface area contributed by atoms with Gasteiger partial charge in [0.1, 0.15) is 5.54 Å². The minimum absolute atomic E-state index is 0.100. The molecule has 2 rings (SSSR count). The largest absolute Gasteiger partial charge is 0.298 e. The van der Waals surface area contributed by atoms with E-state index in [1.165, 1.54) is 5.56 Å². The number of nitrogens with zero attached hydrogens (tertiary/aromatic N) is 4. The van der Waals surface area contributed by atoms with Gasteiger partial charge in [-0.2, -0.15) is 10.4 Å². The van der Waals surface area contributed by atoms with Crippen LogP contribution in [-0.2, 0) is 5.54 Å². The third-order valence-corrected chi connectivity index (χ3v) is 3.82. The van der Waals surface area contributed by atoms with Gasteiger partial charge in [-0.05, 0) is 17.4 Å². The summed E-state index contributed by atoms with van der Waals surface area (Å²) in [4.78, 5) is 2.42. The molecule has 0 spiro atoms. The van der Waals surface area contributed by atoms with Gasteiger partial charge in [0.2, 0.25) is 0 Å². The zero-order valence-electron chi connectivity index (χ0n) is 12.4. The highest BCUT2D eigenvalue weighted by Crippen LogP contribution is 2.33. The first kappa shape index (κ1) is 14.1. The molecule has 4 heteroatoms. The van der Waals surface area contributed by atoms with Crippen molar-refractivity contribution < 1.29 is 0 Å². The topological polar surface area (TPSA) is 44.9 Å². The lowest BCUT2D eigenvalue weighted by molar-refractivity contribution is -0.00226. The van der Waals surface area contributed by atoms with Crippen LogP contribution in [0.5, 0.6) is 0 Å². The number of hydrogen-bond donors (Lipinski definition) is 0. The smallest absolute Gasteiger partial charge is 0.101 e. The molecule has 1 aromatic heterocycles. The summed E-state index contributed by atoms with van der Waals surface area (Å²) in [6.45, 7) is 11.8. The van der Waals surface area contributed by atoms with Crippen molar-refractivity contribution in [2.75, 3.05) is 19.6 Å². The van der Waals surface area contributed by atoms with Crippen LogP contribution in [0.3, 0.4) is 0 Å². The van der Waals surface area contributed by atoms with E-state index in [0.29, 0.717) is 18.3 Å². The molecule has 2 heterocycles. The number of aromatic nitrogens is 2. The predicted octanol–water partition coefficient (Wildman–Crippen LogP) is 2.59. The Labute approximate surface area is 116 Å². The average Bonchev–Trinajstić information content (AvgIpc) is 2.74. The van der Waals surface area contributed by atoms with E-state index in [-0.39, 0.29) is 5.54 Å². The average molecular weight is 260 g/mol. The lowest BCUT2D eigenvalue weighted by Gasteiger charge is -2.49. The number of hydrogen-bond acceptors (Lipinski definition) is 3. The van der Waals surface area contributed by atoms with Crippen LogP contribution in [0.4, 0.5) is 0 Å². The molecule has 1 saturated heterocycles. The Balaban J connectivity index is 2.11. The molecule has 0 unspecified atom stereocenters. The molecule has 1 aliphatic heterocycles. The maximum Gasteiger partial charge on any atom is 0.101 e. The summed E-state index contributed by atoms with van der Waals surface area (Å²) in [5, 5.41) is 13.6. The molecule has 0 aliphatic carbocycles. The SMILES string of the molecule is CC(C)CN1CC(CC#N)(n2cc(C(C)C)cn2)C1. The summed E-state index contributed by atoms with van der Waals surface area (Å²) in [6.07, 6.45) is 4.60. The minimum Gasteiger partial charge on any atom is -0.298 e. The Morgan fingerprint density at radius 2 is 2.05 bits per heavy atom. The van der Waals surface area contributed by atoms with Gasteiger partial charge < -0.3 is 0 Å². The van der Waals surface area contributed by atoms with Crippen LogP contribution in [-0.4, -0.2) is 34.3 Å². The summed E-state index contributed by atoms with van der Waals surface area (Å²) in [7, 11) is 0. The van der Waals surface area contributed by atoms with Gasteiger partial charge in [0.05, 0.1) is 18.7 Å². The van der Waals surface area contributed by atoms with Gasteiger partial charge in [-0.25, -0.2) is 0 Å². The van der Waals surface area contributed by atoms with E-state index in [1.807, 2.05) is 10.9 Å². The Hall–Kier alpha value is -1.34. The number of rotatable bonds is 5. The fraction of sp³-hybridized carbons (Fsp3) is 0.733. The molecule has 0 radical (unpaired) electrons. The van der Waals surface area contributed by atoms with E-state index in [4.69, 9.17) is 5.26 Å². The molecule has 1 aliphatic rings. The molecule has 0 bridgehead atoms. The Bertz CT molecular complexity index is 461. The van der Waals surface area contributed by atoms with Crippen LogP contribution < -0.4 is 0 Å². The van der Waals surface area contributed by atoms with Gasteiger partial charge in [0.15, 0.2) is 0 Å². The second-order valence-electron chi connectivity index (χ2n) is 6.50. The molecule has 0 aromatic carbocycles. The Kier molecular flexibility index (Phi) is 3.96. The van der Waals surface area contributed by atoms with Gasteiger partial charge in [0.25, 0.3) is 0 Å². The van der Waals surface area contributed by atoms with Gasteiger partial charge in [-0.15, -0.1) is 0 Å². The summed E-state index contributed by atoms with van der Waals surface area (Å²) < 4.78 is 2.03. The molecule has 0 atom stereocenters. The van der Waals surface area contributed by atoms with Crippen molar-refractivity contribution in [2.45, 2.75) is 45.6 Å². The zero-order chi connectivity index (χ0) is 14.0. The molecular formula is C15H24N4. The fourth-order valence-electron chi connectivity index (χ4n) is 2.81. The summed E-state index contributed by atoms with van der Waals surface area (Å²) >= 11 is 0. The molecule has 0 saturated carbocycles. The molecule has 4 nitrogen and oxygen atoms in total. The molecule has 19 heavy (non-hydrogen) atoms. The molecular weight excluding hydrogens is 236 g/mol. The van der Waals surface area contributed by atoms with E-state index in [0.717, 1.165) is 19.6 Å². The van der Waals surface area contributed by atoms with Crippen LogP contribution in [0.2, 0.25) is 0 Å². The van der Waals surface area contributed by atoms with Crippen molar-refractivity contribution in [2.24, 2.45) is 5.92 Å². The van der Waals surface area contributed by atoms with E-state index in [1.54, 1.807) is 0 Å². The standard InChI is InChI=1S/C15H24N4/c1-12(2)8-18-10-15(11-18,5-6-16)19-9-14(7-17-19)13(3)4/h7,9,12-13H,5,8,10-11H2,1-4H3. The lowest BCUT2D eigenvalue weighted by atomic mass is 9.86. The molecule has 0 amide bonds. The quantitative estimate of drug-likeness (QED) is 0.817. The van der Waals surface area contributed by atoms with Gasteiger partial charge in [0, 0.05) is 25.8 Å². The van der Waals surface area contributed by atoms with Gasteiger partial charge >= 0.3 is 0 Å². The predicted molar refractivity (Wildman–Crippen MR) is 75.8 cm³/mol. The zero-order valence-corrected chi connectivity index (χ0v) is 12.4. The number of nitriles is 1. The molecule has 104 valence electrons. The van der Waals surface area contributed by atoms with Crippen molar-refractivity contribution in [3.8, 4) is 6.07 Å². The van der Waals surface area contributed by atoms with Crippen LogP contribution in [0.25, 0.3) is 0 Å². The van der Waals surface area contributed by atoms with Gasteiger partial charge in [-0.1, -0.05) is 27.7 Å². The third-order valence-electron chi connectivity index (χ3n) is 3.82. The lowest BCUT2D eigenvalue weighted by Crippen LogP contribution is -2.63. The highest BCUT2D eigenvalue weighted by Gasteiger charge is 2.45. The second kappa shape index (κ2) is 5.34. The monoisotopic (exact) mass is 260 g/mol. The summed E-state index contributed by atoms with van der Waals surface area (Å²) in [5.74, 6) is 1.16. The summed E-state index contributed by atoms with van der Waals surface area (Å²) in [6, 6.07) is 2.33. The second-order valence-corrected chi connectivity index (χ2v) is 6.50. The van der Waals surface area contributed by atoms with E-state index in [9.17, 15) is 0 Å². The third kappa shape index (κ3) is 2.82. The first-order valence-corrected chi connectivity index (χ1v) is 7.11. The molecule has 0 N–H and O–H groups in total. The van der Waals surface area contributed by atoms with Crippen molar-refractivity contribution >= 4 is 0 Å².